The molecule has 3 heteroatoms. The second-order valence-corrected chi connectivity index (χ2v) is 8.96. The summed E-state index contributed by atoms with van der Waals surface area (Å²) in [6.07, 6.45) is 1.90. The quantitative estimate of drug-likeness (QED) is 0.630. The Hall–Kier alpha value is -1.09. The molecule has 13 heavy (non-hydrogen) atoms. The topological polar surface area (TPSA) is 17.8 Å². The van der Waals surface area contributed by atoms with Gasteiger partial charge in [-0.25, -0.2) is 0 Å². The molecule has 0 saturated heterocycles. The Morgan fingerprint density at radius 3 is 2.85 bits per heavy atom. The van der Waals surface area contributed by atoms with Gasteiger partial charge in [0.15, 0.2) is 8.24 Å². The Labute approximate surface area is 79.3 Å². The van der Waals surface area contributed by atoms with Crippen LogP contribution in [0.5, 0.6) is 0 Å². The van der Waals surface area contributed by atoms with Crippen molar-refractivity contribution in [3.8, 4) is 0 Å². The Bertz CT molecular complexity index is 426. The molecule has 0 unspecified atom stereocenters. The monoisotopic (exact) mass is 189 g/mol. The lowest BCUT2D eigenvalue weighted by Crippen LogP contribution is -2.32. The van der Waals surface area contributed by atoms with Gasteiger partial charge < -0.3 is 0 Å². The van der Waals surface area contributed by atoms with E-state index < -0.39 is 8.24 Å². The third-order valence-electron chi connectivity index (χ3n) is 2.03. The average molecular weight is 189 g/mol. The normalized spacial score (nSPS) is 12.2. The fourth-order valence-corrected chi connectivity index (χ4v) is 2.76. The zero-order valence-corrected chi connectivity index (χ0v) is 9.20. The molecule has 0 fully saturated rings. The molecule has 0 N–H and O–H groups in total. The molecule has 1 heterocycles. The fourth-order valence-electron chi connectivity index (χ4n) is 1.44. The minimum Gasteiger partial charge on any atom is -0.295 e. The summed E-state index contributed by atoms with van der Waals surface area (Å²) in [5.74, 6) is 0. The Morgan fingerprint density at radius 1 is 1.38 bits per heavy atom. The van der Waals surface area contributed by atoms with Gasteiger partial charge in [0.2, 0.25) is 0 Å². The van der Waals surface area contributed by atoms with Gasteiger partial charge in [0.05, 0.1) is 11.7 Å². The molecule has 0 amide bonds. The molecular weight excluding hydrogens is 176 g/mol. The molecule has 1 aromatic heterocycles. The van der Waals surface area contributed by atoms with Gasteiger partial charge in [-0.3, -0.25) is 4.35 Å². The van der Waals surface area contributed by atoms with Crippen molar-refractivity contribution in [2.45, 2.75) is 19.6 Å². The van der Waals surface area contributed by atoms with Gasteiger partial charge in [0.1, 0.15) is 0 Å². The van der Waals surface area contributed by atoms with Crippen LogP contribution in [0.4, 0.5) is 0 Å². The Kier molecular flexibility index (Phi) is 1.77. The second-order valence-electron chi connectivity index (χ2n) is 4.20. The third-order valence-corrected chi connectivity index (χ3v) is 3.66. The van der Waals surface area contributed by atoms with Crippen LogP contribution < -0.4 is 0 Å². The Balaban J connectivity index is 2.72. The number of nitrogens with zero attached hydrogens (tertiary/aromatic N) is 2. The summed E-state index contributed by atoms with van der Waals surface area (Å²) in [6.45, 7) is 6.85. The molecule has 0 aliphatic carbocycles. The maximum absolute atomic E-state index is 4.41. The lowest BCUT2D eigenvalue weighted by molar-refractivity contribution is 0.964. The van der Waals surface area contributed by atoms with E-state index in [9.17, 15) is 0 Å². The van der Waals surface area contributed by atoms with Crippen molar-refractivity contribution < 1.29 is 0 Å². The van der Waals surface area contributed by atoms with E-state index in [4.69, 9.17) is 0 Å². The zero-order valence-electron chi connectivity index (χ0n) is 8.20. The van der Waals surface area contributed by atoms with E-state index in [0.29, 0.717) is 0 Å². The predicted molar refractivity (Wildman–Crippen MR) is 57.3 cm³/mol. The number of rotatable bonds is 1. The van der Waals surface area contributed by atoms with Crippen LogP contribution in [0.3, 0.4) is 0 Å². The van der Waals surface area contributed by atoms with Gasteiger partial charge in [-0.05, 0) is 31.8 Å². The highest BCUT2D eigenvalue weighted by Gasteiger charge is 2.19. The second kappa shape index (κ2) is 2.70. The van der Waals surface area contributed by atoms with E-state index in [2.05, 4.69) is 41.2 Å². The molecule has 2 aromatic rings. The first-order valence-corrected chi connectivity index (χ1v) is 7.89. The largest absolute Gasteiger partial charge is 0.295 e. The summed E-state index contributed by atoms with van der Waals surface area (Å²) in [6, 6.07) is 9.23. The minimum absolute atomic E-state index is 1.12. The summed E-state index contributed by atoms with van der Waals surface area (Å²) >= 11 is 0. The van der Waals surface area contributed by atoms with Gasteiger partial charge >= 0.3 is 0 Å². The number of hydrogen-bond acceptors (Lipinski definition) is 1. The van der Waals surface area contributed by atoms with Crippen LogP contribution in [0.2, 0.25) is 19.6 Å². The van der Waals surface area contributed by atoms with Gasteiger partial charge in [-0.2, -0.15) is 5.10 Å². The van der Waals surface area contributed by atoms with Crippen molar-refractivity contribution in [2.24, 2.45) is 0 Å². The van der Waals surface area contributed by atoms with Crippen molar-refractivity contribution in [1.82, 2.24) is 9.45 Å². The fraction of sp³-hybridized carbons (Fsp3) is 0.300. The highest BCUT2D eigenvalue weighted by molar-refractivity contribution is 6.75. The average Bonchev–Trinajstić information content (AvgIpc) is 2.45. The number of fused-ring (bicyclic) bond motifs is 1. The summed E-state index contributed by atoms with van der Waals surface area (Å²) in [5.41, 5.74) is 1.21. The first-order chi connectivity index (χ1) is 6.09. The third kappa shape index (κ3) is 1.39. The lowest BCUT2D eigenvalue weighted by Gasteiger charge is -2.17. The predicted octanol–water partition coefficient (Wildman–Crippen LogP) is 2.52. The molecule has 1 radical (unpaired) electrons. The maximum atomic E-state index is 4.41. The van der Waals surface area contributed by atoms with Crippen LogP contribution in [0.25, 0.3) is 10.9 Å². The van der Waals surface area contributed by atoms with E-state index in [-0.39, 0.29) is 0 Å². The van der Waals surface area contributed by atoms with Crippen LogP contribution in [0.15, 0.2) is 24.4 Å². The molecule has 2 rings (SSSR count). The van der Waals surface area contributed by atoms with Gasteiger partial charge in [0, 0.05) is 5.39 Å². The van der Waals surface area contributed by atoms with Crippen LogP contribution in [0, 0.1) is 6.07 Å². The molecular formula is C10H13N2Si. The standard InChI is InChI=1S/C10H13N2Si/c1-13(2,3)12-10-7-5-4-6-9(10)8-11-12/h4-5,7-8H,1-3H3. The molecule has 0 aliphatic rings. The molecule has 0 spiro atoms. The molecule has 0 aliphatic heterocycles. The van der Waals surface area contributed by atoms with Crippen LogP contribution in [-0.4, -0.2) is 17.7 Å². The molecule has 0 atom stereocenters. The Morgan fingerprint density at radius 2 is 2.15 bits per heavy atom. The molecule has 2 nitrogen and oxygen atoms in total. The SMILES string of the molecule is C[Si](C)(C)n1ncc2[c]cccc21. The van der Waals surface area contributed by atoms with E-state index in [1.807, 2.05) is 18.3 Å². The number of hydrogen-bond donors (Lipinski definition) is 0. The zero-order chi connectivity index (χ0) is 9.47. The van der Waals surface area contributed by atoms with Crippen LogP contribution in [-0.2, 0) is 0 Å². The van der Waals surface area contributed by atoms with E-state index in [1.165, 1.54) is 5.52 Å². The van der Waals surface area contributed by atoms with Crippen molar-refractivity contribution >= 4 is 19.1 Å². The smallest absolute Gasteiger partial charge is 0.176 e. The summed E-state index contributed by atoms with van der Waals surface area (Å²) < 4.78 is 2.17. The highest BCUT2D eigenvalue weighted by Crippen LogP contribution is 2.16. The molecule has 67 valence electrons. The van der Waals surface area contributed by atoms with Crippen molar-refractivity contribution in [2.75, 3.05) is 0 Å². The summed E-state index contributed by atoms with van der Waals surface area (Å²) in [5, 5.41) is 5.53. The van der Waals surface area contributed by atoms with Gasteiger partial charge in [0.25, 0.3) is 0 Å². The minimum atomic E-state index is -1.36. The molecule has 1 aromatic carbocycles. The number of aromatic nitrogens is 2. The number of benzene rings is 1. The van der Waals surface area contributed by atoms with E-state index >= 15 is 0 Å². The van der Waals surface area contributed by atoms with Crippen LogP contribution >= 0.6 is 0 Å². The summed E-state index contributed by atoms with van der Waals surface area (Å²) in [7, 11) is -1.36. The van der Waals surface area contributed by atoms with Crippen molar-refractivity contribution in [3.63, 3.8) is 0 Å². The molecule has 0 bridgehead atoms. The first kappa shape index (κ1) is 8.50. The van der Waals surface area contributed by atoms with Gasteiger partial charge in [-0.15, -0.1) is 0 Å². The van der Waals surface area contributed by atoms with E-state index in [0.717, 1.165) is 5.39 Å². The molecule has 0 saturated carbocycles. The summed E-state index contributed by atoms with van der Waals surface area (Å²) in [4.78, 5) is 0. The van der Waals surface area contributed by atoms with Crippen molar-refractivity contribution in [3.05, 3.63) is 30.5 Å². The van der Waals surface area contributed by atoms with Crippen molar-refractivity contribution in [1.29, 1.82) is 0 Å². The maximum Gasteiger partial charge on any atom is 0.176 e. The van der Waals surface area contributed by atoms with E-state index in [1.54, 1.807) is 0 Å². The highest BCUT2D eigenvalue weighted by atomic mass is 28.3. The first-order valence-electron chi connectivity index (χ1n) is 4.44. The lowest BCUT2D eigenvalue weighted by atomic mass is 10.3. The van der Waals surface area contributed by atoms with Crippen LogP contribution in [0.1, 0.15) is 0 Å². The van der Waals surface area contributed by atoms with Gasteiger partial charge in [-0.1, -0.05) is 12.1 Å².